The molecule has 4 N–H and O–H groups in total. The average molecular weight is 663 g/mol. The second-order valence-corrected chi connectivity index (χ2v) is 13.2. The van der Waals surface area contributed by atoms with Crippen LogP contribution in [0.1, 0.15) is 29.3 Å². The molecule has 0 atom stereocenters. The molecule has 4 aromatic rings. The Morgan fingerprint density at radius 3 is 1.74 bits per heavy atom. The number of H-pyrrole nitrogens is 1. The van der Waals surface area contributed by atoms with Gasteiger partial charge in [-0.3, -0.25) is 23.8 Å². The van der Waals surface area contributed by atoms with Crippen LogP contribution in [0.3, 0.4) is 0 Å². The van der Waals surface area contributed by atoms with Crippen molar-refractivity contribution in [1.82, 2.24) is 9.78 Å². The van der Waals surface area contributed by atoms with Gasteiger partial charge < -0.3 is 5.11 Å². The van der Waals surface area contributed by atoms with E-state index < -0.39 is 42.6 Å². The largest absolute Gasteiger partial charge is 0.478 e. The van der Waals surface area contributed by atoms with Gasteiger partial charge >= 0.3 is 5.97 Å². The molecule has 1 amide bonds. The summed E-state index contributed by atoms with van der Waals surface area (Å²) < 4.78 is 65.6. The minimum atomic E-state index is -4.49. The van der Waals surface area contributed by atoms with Crippen LogP contribution in [-0.2, 0) is 29.8 Å². The maximum Gasteiger partial charge on any atom is 0.337 e. The van der Waals surface area contributed by atoms with Crippen LogP contribution in [0.4, 0.5) is 5.69 Å². The van der Waals surface area contributed by atoms with Gasteiger partial charge in [-0.15, -0.1) is 0 Å². The molecular weight excluding hydrogens is 640 g/mol. The Labute approximate surface area is 260 Å². The standard InChI is InChI=1S/C30H22N4O10S2/c1-15-23(28(35)33(31-15)17-7-11-19(12-8-17)45(39,40)41)25-21-5-3-4-6-22(21)26(27(25)30(37)38)24-16(2)32-34(29(24)36)18-9-13-20(14-10-18)46(42,43)44/h3-14,31H,1-2H3,(H,37,38)(H,39,40,41)(H,42,43,44)/b26-24-. The molecular formula is C30H22N4O10S2. The second kappa shape index (κ2) is 10.6. The topological polar surface area (TPSA) is 216 Å². The first kappa shape index (κ1) is 30.6. The number of nitrogens with zero attached hydrogens (tertiary/aromatic N) is 3. The minimum absolute atomic E-state index is 0.00278. The predicted octanol–water partition coefficient (Wildman–Crippen LogP) is 3.04. The molecule has 0 saturated heterocycles. The first-order valence-corrected chi connectivity index (χ1v) is 16.2. The minimum Gasteiger partial charge on any atom is -0.478 e. The summed E-state index contributed by atoms with van der Waals surface area (Å²) in [6, 6.07) is 16.1. The zero-order valence-electron chi connectivity index (χ0n) is 23.8. The molecule has 2 aliphatic rings. The molecule has 2 heterocycles. The fraction of sp³-hybridized carbons (Fsp3) is 0.0667. The number of aryl methyl sites for hydroxylation is 1. The van der Waals surface area contributed by atoms with E-state index in [1.165, 1.54) is 31.2 Å². The van der Waals surface area contributed by atoms with Crippen LogP contribution in [0, 0.1) is 6.92 Å². The number of carboxylic acid groups (broad SMARTS) is 1. The number of nitrogens with one attached hydrogen (secondary N) is 1. The number of hydrogen-bond acceptors (Lipinski definition) is 8. The summed E-state index contributed by atoms with van der Waals surface area (Å²) in [7, 11) is -8.97. The van der Waals surface area contributed by atoms with Crippen LogP contribution in [0.25, 0.3) is 16.8 Å². The highest BCUT2D eigenvalue weighted by atomic mass is 32.2. The van der Waals surface area contributed by atoms with Gasteiger partial charge in [0.15, 0.2) is 0 Å². The number of fused-ring (bicyclic) bond motifs is 1. The maximum absolute atomic E-state index is 13.9. The van der Waals surface area contributed by atoms with Crippen LogP contribution in [-0.4, -0.2) is 58.4 Å². The molecule has 234 valence electrons. The molecule has 3 aromatic carbocycles. The fourth-order valence-electron chi connectivity index (χ4n) is 5.56. The number of aromatic nitrogens is 2. The molecule has 0 saturated carbocycles. The Morgan fingerprint density at radius 2 is 1.24 bits per heavy atom. The van der Waals surface area contributed by atoms with Crippen molar-refractivity contribution >= 4 is 54.7 Å². The first-order chi connectivity index (χ1) is 21.6. The van der Waals surface area contributed by atoms with Crippen molar-refractivity contribution < 1.29 is 40.6 Å². The molecule has 0 spiro atoms. The smallest absolute Gasteiger partial charge is 0.337 e. The highest BCUT2D eigenvalue weighted by molar-refractivity contribution is 7.86. The maximum atomic E-state index is 13.9. The van der Waals surface area contributed by atoms with E-state index in [2.05, 4.69) is 10.2 Å². The van der Waals surface area contributed by atoms with Gasteiger partial charge in [0.2, 0.25) is 0 Å². The van der Waals surface area contributed by atoms with Gasteiger partial charge in [-0.2, -0.15) is 26.9 Å². The van der Waals surface area contributed by atoms with Crippen LogP contribution in [0.15, 0.2) is 104 Å². The number of rotatable bonds is 6. The van der Waals surface area contributed by atoms with E-state index in [1.54, 1.807) is 31.2 Å². The van der Waals surface area contributed by atoms with Crippen LogP contribution in [0.2, 0.25) is 0 Å². The number of hydrazone groups is 1. The number of carbonyl (C=O) groups excluding carboxylic acids is 1. The zero-order chi connectivity index (χ0) is 33.3. The molecule has 0 bridgehead atoms. The van der Waals surface area contributed by atoms with E-state index in [4.69, 9.17) is 0 Å². The highest BCUT2D eigenvalue weighted by Crippen LogP contribution is 2.47. The summed E-state index contributed by atoms with van der Waals surface area (Å²) in [5.41, 5.74) is 0.587. The Morgan fingerprint density at radius 1 is 0.739 bits per heavy atom. The highest BCUT2D eigenvalue weighted by Gasteiger charge is 2.41. The summed E-state index contributed by atoms with van der Waals surface area (Å²) in [4.78, 5) is 40.0. The van der Waals surface area contributed by atoms with E-state index in [0.717, 1.165) is 34.0 Å². The van der Waals surface area contributed by atoms with Gasteiger partial charge in [0.05, 0.1) is 43.6 Å². The summed E-state index contributed by atoms with van der Waals surface area (Å²) in [5, 5.41) is 18.8. The molecule has 46 heavy (non-hydrogen) atoms. The van der Waals surface area contributed by atoms with E-state index in [9.17, 15) is 45.4 Å². The summed E-state index contributed by atoms with van der Waals surface area (Å²) in [6.07, 6.45) is 0. The normalized spacial score (nSPS) is 16.7. The van der Waals surface area contributed by atoms with Gasteiger partial charge in [0.1, 0.15) is 0 Å². The predicted molar refractivity (Wildman–Crippen MR) is 165 cm³/mol. The number of benzene rings is 3. The fourth-order valence-corrected chi connectivity index (χ4v) is 6.52. The number of aromatic amines is 1. The number of aliphatic carboxylic acids is 1. The number of hydrogen-bond donors (Lipinski definition) is 4. The molecule has 0 unspecified atom stereocenters. The Kier molecular flexibility index (Phi) is 7.05. The van der Waals surface area contributed by atoms with Gasteiger partial charge in [-0.05, 0) is 73.5 Å². The Hall–Kier alpha value is -5.42. The van der Waals surface area contributed by atoms with Crippen molar-refractivity contribution in [3.8, 4) is 5.69 Å². The first-order valence-electron chi connectivity index (χ1n) is 13.3. The van der Waals surface area contributed by atoms with Crippen LogP contribution < -0.4 is 10.6 Å². The van der Waals surface area contributed by atoms with E-state index >= 15 is 0 Å². The van der Waals surface area contributed by atoms with Crippen molar-refractivity contribution in [1.29, 1.82) is 0 Å². The third kappa shape index (κ3) is 4.89. The zero-order valence-corrected chi connectivity index (χ0v) is 25.4. The van der Waals surface area contributed by atoms with Gasteiger partial charge in [-0.1, -0.05) is 24.3 Å². The number of carbonyl (C=O) groups is 2. The molecule has 0 radical (unpaired) electrons. The number of anilines is 1. The van der Waals surface area contributed by atoms with Gasteiger partial charge in [0.25, 0.3) is 31.7 Å². The average Bonchev–Trinajstić information content (AvgIpc) is 3.59. The van der Waals surface area contributed by atoms with Crippen molar-refractivity contribution in [3.63, 3.8) is 0 Å². The van der Waals surface area contributed by atoms with Crippen molar-refractivity contribution in [2.45, 2.75) is 23.6 Å². The monoisotopic (exact) mass is 662 g/mol. The lowest BCUT2D eigenvalue weighted by molar-refractivity contribution is -0.132. The molecule has 6 rings (SSSR count). The quantitative estimate of drug-likeness (QED) is 0.175. The Balaban J connectivity index is 1.54. The molecule has 16 heteroatoms. The molecule has 14 nitrogen and oxygen atoms in total. The van der Waals surface area contributed by atoms with Crippen LogP contribution in [0.5, 0.6) is 0 Å². The summed E-state index contributed by atoms with van der Waals surface area (Å²) in [5.74, 6) is -2.13. The number of carboxylic acids is 1. The lowest BCUT2D eigenvalue weighted by Gasteiger charge is -2.13. The van der Waals surface area contributed by atoms with Crippen molar-refractivity contribution in [2.24, 2.45) is 5.10 Å². The summed E-state index contributed by atoms with van der Waals surface area (Å²) in [6.45, 7) is 3.07. The molecule has 0 fully saturated rings. The van der Waals surface area contributed by atoms with Crippen LogP contribution >= 0.6 is 0 Å². The van der Waals surface area contributed by atoms with E-state index in [1.807, 2.05) is 0 Å². The van der Waals surface area contributed by atoms with Crippen molar-refractivity contribution in [3.05, 3.63) is 117 Å². The van der Waals surface area contributed by atoms with E-state index in [0.29, 0.717) is 11.1 Å². The third-order valence-corrected chi connectivity index (χ3v) is 9.28. The Bertz CT molecular complexity index is 2380. The van der Waals surface area contributed by atoms with Gasteiger partial charge in [-0.25, -0.2) is 9.48 Å². The van der Waals surface area contributed by atoms with Crippen molar-refractivity contribution in [2.75, 3.05) is 5.01 Å². The lowest BCUT2D eigenvalue weighted by Crippen LogP contribution is -2.23. The lowest BCUT2D eigenvalue weighted by atomic mass is 9.94. The molecule has 1 aromatic heterocycles. The van der Waals surface area contributed by atoms with Gasteiger partial charge in [0, 0.05) is 16.8 Å². The summed E-state index contributed by atoms with van der Waals surface area (Å²) >= 11 is 0. The third-order valence-electron chi connectivity index (χ3n) is 7.54. The second-order valence-electron chi connectivity index (χ2n) is 10.3. The number of amides is 1. The molecule has 1 aliphatic carbocycles. The van der Waals surface area contributed by atoms with E-state index in [-0.39, 0.29) is 55.5 Å². The SMILES string of the molecule is CC1=NN(c2ccc(S(=O)(=O)O)cc2)C(=O)/C1=C1\C(C(=O)O)=C(c2c(C)[nH]n(-c3ccc(S(=O)(=O)O)cc3)c2=O)c2ccccc21. The molecule has 1 aliphatic heterocycles.